The third-order valence-corrected chi connectivity index (χ3v) is 6.03. The van der Waals surface area contributed by atoms with Crippen molar-refractivity contribution >= 4 is 11.8 Å². The van der Waals surface area contributed by atoms with Gasteiger partial charge in [-0.05, 0) is 57.9 Å². The predicted octanol–water partition coefficient (Wildman–Crippen LogP) is 2.05. The molecule has 1 N–H and O–H groups in total. The molecule has 2 amide bonds. The summed E-state index contributed by atoms with van der Waals surface area (Å²) in [5.74, 6) is -0.285. The van der Waals surface area contributed by atoms with Gasteiger partial charge in [0.25, 0.3) is 5.91 Å². The van der Waals surface area contributed by atoms with E-state index in [-0.39, 0.29) is 23.7 Å². The number of amides is 2. The Bertz CT molecular complexity index is 943. The molecule has 2 heterocycles. The van der Waals surface area contributed by atoms with Crippen molar-refractivity contribution in [3.8, 4) is 5.69 Å². The van der Waals surface area contributed by atoms with E-state index in [1.165, 1.54) is 12.1 Å². The Hall–Kier alpha value is -2.74. The first-order valence-corrected chi connectivity index (χ1v) is 10.5. The molecule has 0 radical (unpaired) electrons. The van der Waals surface area contributed by atoms with Crippen LogP contribution in [0, 0.1) is 19.7 Å². The number of rotatable bonds is 5. The van der Waals surface area contributed by atoms with E-state index < -0.39 is 0 Å². The third-order valence-electron chi connectivity index (χ3n) is 6.03. The van der Waals surface area contributed by atoms with E-state index in [1.807, 2.05) is 25.7 Å². The summed E-state index contributed by atoms with van der Waals surface area (Å²) in [7, 11) is 0. The molecule has 1 saturated heterocycles. The molecule has 160 valence electrons. The number of benzene rings is 1. The molecule has 2 aromatic rings. The maximum absolute atomic E-state index is 13.2. The zero-order chi connectivity index (χ0) is 21.4. The summed E-state index contributed by atoms with van der Waals surface area (Å²) in [4.78, 5) is 29.5. The molecule has 0 spiro atoms. The molecule has 2 fully saturated rings. The third kappa shape index (κ3) is 4.09. The lowest BCUT2D eigenvalue weighted by atomic mass is 10.1. The maximum atomic E-state index is 13.2. The molecule has 7 nitrogen and oxygen atoms in total. The largest absolute Gasteiger partial charge is 0.352 e. The Morgan fingerprint density at radius 3 is 2.33 bits per heavy atom. The van der Waals surface area contributed by atoms with Crippen LogP contribution in [0.2, 0.25) is 0 Å². The van der Waals surface area contributed by atoms with E-state index >= 15 is 0 Å². The Labute approximate surface area is 175 Å². The highest BCUT2D eigenvalue weighted by Crippen LogP contribution is 2.22. The summed E-state index contributed by atoms with van der Waals surface area (Å²) in [6, 6.07) is 6.23. The van der Waals surface area contributed by atoms with Crippen molar-refractivity contribution in [3.05, 3.63) is 47.0 Å². The van der Waals surface area contributed by atoms with Crippen molar-refractivity contribution in [3.63, 3.8) is 0 Å². The molecule has 30 heavy (non-hydrogen) atoms. The van der Waals surface area contributed by atoms with Crippen LogP contribution in [0.25, 0.3) is 5.69 Å². The van der Waals surface area contributed by atoms with E-state index in [0.717, 1.165) is 24.2 Å². The van der Waals surface area contributed by atoms with Crippen LogP contribution >= 0.6 is 0 Å². The molecule has 1 aliphatic heterocycles. The summed E-state index contributed by atoms with van der Waals surface area (Å²) >= 11 is 0. The van der Waals surface area contributed by atoms with Gasteiger partial charge in [0.2, 0.25) is 5.91 Å². The second kappa shape index (κ2) is 8.18. The SMILES string of the molecule is Cc1nn(-c2ccc(F)cc2)c(C)c1C(=O)N1CCN(C(C)C(=O)NC2CC2)CC1. The fourth-order valence-corrected chi connectivity index (χ4v) is 3.97. The van der Waals surface area contributed by atoms with E-state index in [9.17, 15) is 14.0 Å². The lowest BCUT2D eigenvalue weighted by Gasteiger charge is -2.37. The van der Waals surface area contributed by atoms with Gasteiger partial charge in [0.05, 0.1) is 28.7 Å². The van der Waals surface area contributed by atoms with Crippen LogP contribution in [-0.2, 0) is 4.79 Å². The number of aromatic nitrogens is 2. The molecular weight excluding hydrogens is 385 g/mol. The highest BCUT2D eigenvalue weighted by Gasteiger charge is 2.32. The number of hydrogen-bond acceptors (Lipinski definition) is 4. The molecule has 1 unspecified atom stereocenters. The summed E-state index contributed by atoms with van der Waals surface area (Å²) in [5, 5.41) is 7.56. The van der Waals surface area contributed by atoms with Gasteiger partial charge in [-0.25, -0.2) is 9.07 Å². The minimum absolute atomic E-state index is 0.0481. The van der Waals surface area contributed by atoms with Crippen LogP contribution in [0.15, 0.2) is 24.3 Å². The number of nitrogens with zero attached hydrogens (tertiary/aromatic N) is 4. The Kier molecular flexibility index (Phi) is 5.60. The van der Waals surface area contributed by atoms with Crippen molar-refractivity contribution < 1.29 is 14.0 Å². The molecule has 1 atom stereocenters. The molecule has 1 aromatic heterocycles. The standard InChI is InChI=1S/C22H28FN5O2/c1-14-20(15(2)28(25-14)19-8-4-17(23)5-9-19)22(30)27-12-10-26(11-13-27)16(3)21(29)24-18-6-7-18/h4-5,8-9,16,18H,6-7,10-13H2,1-3H3,(H,24,29). The van der Waals surface area contributed by atoms with E-state index in [0.29, 0.717) is 43.5 Å². The smallest absolute Gasteiger partial charge is 0.257 e. The van der Waals surface area contributed by atoms with E-state index in [4.69, 9.17) is 0 Å². The van der Waals surface area contributed by atoms with Gasteiger partial charge < -0.3 is 10.2 Å². The van der Waals surface area contributed by atoms with Crippen LogP contribution in [0.5, 0.6) is 0 Å². The monoisotopic (exact) mass is 413 g/mol. The lowest BCUT2D eigenvalue weighted by Crippen LogP contribution is -2.55. The quantitative estimate of drug-likeness (QED) is 0.815. The number of carbonyl (C=O) groups is 2. The second-order valence-corrected chi connectivity index (χ2v) is 8.22. The summed E-state index contributed by atoms with van der Waals surface area (Å²) in [6.07, 6.45) is 2.15. The van der Waals surface area contributed by atoms with Gasteiger partial charge in [0.1, 0.15) is 5.82 Å². The highest BCUT2D eigenvalue weighted by molar-refractivity contribution is 5.96. The first-order chi connectivity index (χ1) is 14.3. The average Bonchev–Trinajstić information content (AvgIpc) is 3.51. The van der Waals surface area contributed by atoms with E-state index in [1.54, 1.807) is 16.8 Å². The Morgan fingerprint density at radius 1 is 1.10 bits per heavy atom. The number of halogens is 1. The molecule has 8 heteroatoms. The van der Waals surface area contributed by atoms with Gasteiger partial charge in [-0.1, -0.05) is 0 Å². The minimum atomic E-state index is -0.311. The van der Waals surface area contributed by atoms with Gasteiger partial charge in [-0.2, -0.15) is 5.10 Å². The highest BCUT2D eigenvalue weighted by atomic mass is 19.1. The lowest BCUT2D eigenvalue weighted by molar-refractivity contribution is -0.126. The fourth-order valence-electron chi connectivity index (χ4n) is 3.97. The normalized spacial score (nSPS) is 18.3. The minimum Gasteiger partial charge on any atom is -0.352 e. The van der Waals surface area contributed by atoms with Crippen molar-refractivity contribution in [2.45, 2.75) is 45.7 Å². The predicted molar refractivity (Wildman–Crippen MR) is 111 cm³/mol. The number of nitrogens with one attached hydrogen (secondary N) is 1. The van der Waals surface area contributed by atoms with Gasteiger partial charge in [-0.15, -0.1) is 0 Å². The van der Waals surface area contributed by atoms with Crippen molar-refractivity contribution in [2.24, 2.45) is 0 Å². The summed E-state index contributed by atoms with van der Waals surface area (Å²) in [6.45, 7) is 8.07. The summed E-state index contributed by atoms with van der Waals surface area (Å²) < 4.78 is 14.9. The van der Waals surface area contributed by atoms with Crippen LogP contribution in [0.4, 0.5) is 4.39 Å². The second-order valence-electron chi connectivity index (χ2n) is 8.22. The number of aryl methyl sites for hydroxylation is 1. The Balaban J connectivity index is 1.43. The fraction of sp³-hybridized carbons (Fsp3) is 0.500. The first-order valence-electron chi connectivity index (χ1n) is 10.5. The molecule has 4 rings (SSSR count). The number of hydrogen-bond donors (Lipinski definition) is 1. The van der Waals surface area contributed by atoms with E-state index in [2.05, 4.69) is 15.3 Å². The van der Waals surface area contributed by atoms with Gasteiger partial charge >= 0.3 is 0 Å². The molecule has 2 aliphatic rings. The molecule has 0 bridgehead atoms. The van der Waals surface area contributed by atoms with Gasteiger partial charge in [0, 0.05) is 32.2 Å². The van der Waals surface area contributed by atoms with Crippen molar-refractivity contribution in [2.75, 3.05) is 26.2 Å². The zero-order valence-corrected chi connectivity index (χ0v) is 17.7. The van der Waals surface area contributed by atoms with Crippen molar-refractivity contribution in [1.82, 2.24) is 24.9 Å². The van der Waals surface area contributed by atoms with Crippen molar-refractivity contribution in [1.29, 1.82) is 0 Å². The molecule has 1 saturated carbocycles. The van der Waals surface area contributed by atoms with Crippen LogP contribution < -0.4 is 5.32 Å². The van der Waals surface area contributed by atoms with Crippen LogP contribution in [-0.4, -0.2) is 69.7 Å². The topological polar surface area (TPSA) is 70.5 Å². The van der Waals surface area contributed by atoms with Gasteiger partial charge in [0.15, 0.2) is 0 Å². The van der Waals surface area contributed by atoms with Gasteiger partial charge in [-0.3, -0.25) is 14.5 Å². The first kappa shape index (κ1) is 20.5. The van der Waals surface area contributed by atoms with Crippen LogP contribution in [0.1, 0.15) is 41.5 Å². The van der Waals surface area contributed by atoms with Crippen LogP contribution in [0.3, 0.4) is 0 Å². The number of carbonyl (C=O) groups excluding carboxylic acids is 2. The molecular formula is C22H28FN5O2. The molecule has 1 aliphatic carbocycles. The number of piperazine rings is 1. The maximum Gasteiger partial charge on any atom is 0.257 e. The average molecular weight is 413 g/mol. The zero-order valence-electron chi connectivity index (χ0n) is 17.7. The summed E-state index contributed by atoms with van der Waals surface area (Å²) in [5.41, 5.74) is 2.70. The Morgan fingerprint density at radius 2 is 1.73 bits per heavy atom. The molecule has 1 aromatic carbocycles.